The Kier molecular flexibility index (Phi) is 7.14. The number of carbonyl (C=O) groups is 1. The first-order chi connectivity index (χ1) is 19.1. The summed E-state index contributed by atoms with van der Waals surface area (Å²) in [5.41, 5.74) is 4.79. The SMILES string of the molecule is CCn1c(SC2=C(c3ccccc3)C3C=C(Cl)C=CC3=NC2=O)nnc1C(c1ccccc1)c1ccccc1. The third-order valence-electron chi connectivity index (χ3n) is 6.90. The highest BCUT2D eigenvalue weighted by atomic mass is 35.5. The number of dihydropyridines is 1. The molecule has 2 aliphatic rings. The molecule has 1 aliphatic carbocycles. The molecule has 6 rings (SSSR count). The summed E-state index contributed by atoms with van der Waals surface area (Å²) in [6, 6.07) is 30.6. The fourth-order valence-electron chi connectivity index (χ4n) is 5.12. The van der Waals surface area contributed by atoms with Crippen LogP contribution in [0.5, 0.6) is 0 Å². The van der Waals surface area contributed by atoms with Gasteiger partial charge in [-0.05, 0) is 53.1 Å². The maximum Gasteiger partial charge on any atom is 0.284 e. The molecule has 3 aromatic carbocycles. The van der Waals surface area contributed by atoms with E-state index in [4.69, 9.17) is 16.7 Å². The second-order valence-electron chi connectivity index (χ2n) is 9.25. The van der Waals surface area contributed by atoms with Crippen LogP contribution in [-0.4, -0.2) is 26.4 Å². The molecule has 1 amide bonds. The van der Waals surface area contributed by atoms with Crippen molar-refractivity contribution in [2.45, 2.75) is 24.5 Å². The number of rotatable bonds is 7. The highest BCUT2D eigenvalue weighted by Gasteiger charge is 2.34. The number of nitrogens with zero attached hydrogens (tertiary/aromatic N) is 4. The molecule has 0 spiro atoms. The van der Waals surface area contributed by atoms with Crippen LogP contribution < -0.4 is 0 Å². The molecular weight excluding hydrogens is 524 g/mol. The number of allylic oxidation sites excluding steroid dienone is 5. The van der Waals surface area contributed by atoms with Crippen molar-refractivity contribution in [1.82, 2.24) is 14.8 Å². The average molecular weight is 549 g/mol. The molecule has 7 heteroatoms. The van der Waals surface area contributed by atoms with Crippen LogP contribution in [0.2, 0.25) is 0 Å². The van der Waals surface area contributed by atoms with Gasteiger partial charge in [0.05, 0.1) is 16.5 Å². The van der Waals surface area contributed by atoms with Crippen LogP contribution >= 0.6 is 23.4 Å². The van der Waals surface area contributed by atoms with E-state index in [1.807, 2.05) is 78.9 Å². The van der Waals surface area contributed by atoms with E-state index in [1.54, 1.807) is 6.08 Å². The van der Waals surface area contributed by atoms with Gasteiger partial charge in [-0.2, -0.15) is 0 Å². The van der Waals surface area contributed by atoms with Crippen LogP contribution in [0.15, 0.2) is 129 Å². The third-order valence-corrected chi connectivity index (χ3v) is 8.24. The molecule has 4 aromatic rings. The lowest BCUT2D eigenvalue weighted by Gasteiger charge is -2.26. The summed E-state index contributed by atoms with van der Waals surface area (Å²) in [6.07, 6.45) is 5.55. The minimum atomic E-state index is -0.281. The van der Waals surface area contributed by atoms with E-state index in [2.05, 4.69) is 45.8 Å². The summed E-state index contributed by atoms with van der Waals surface area (Å²) in [6.45, 7) is 2.72. The summed E-state index contributed by atoms with van der Waals surface area (Å²) in [7, 11) is 0. The van der Waals surface area contributed by atoms with Crippen molar-refractivity contribution < 1.29 is 4.79 Å². The summed E-state index contributed by atoms with van der Waals surface area (Å²) in [5.74, 6) is 0.226. The molecule has 0 saturated carbocycles. The van der Waals surface area contributed by atoms with E-state index < -0.39 is 0 Å². The number of fused-ring (bicyclic) bond motifs is 1. The van der Waals surface area contributed by atoms with Crippen molar-refractivity contribution in [2.24, 2.45) is 10.9 Å². The minimum Gasteiger partial charge on any atom is -0.305 e. The first-order valence-electron chi connectivity index (χ1n) is 12.8. The van der Waals surface area contributed by atoms with E-state index in [9.17, 15) is 4.79 Å². The molecule has 1 aliphatic heterocycles. The lowest BCUT2D eigenvalue weighted by atomic mass is 9.84. The number of hydrogen-bond donors (Lipinski definition) is 0. The Hall–Kier alpha value is -4.00. The lowest BCUT2D eigenvalue weighted by Crippen LogP contribution is -2.24. The molecule has 1 aromatic heterocycles. The van der Waals surface area contributed by atoms with E-state index in [-0.39, 0.29) is 17.7 Å². The number of aromatic nitrogens is 3. The Morgan fingerprint density at radius 3 is 2.10 bits per heavy atom. The van der Waals surface area contributed by atoms with Gasteiger partial charge in [0.2, 0.25) is 0 Å². The first kappa shape index (κ1) is 25.3. The van der Waals surface area contributed by atoms with E-state index in [0.717, 1.165) is 28.1 Å². The van der Waals surface area contributed by atoms with Crippen LogP contribution in [0, 0.1) is 5.92 Å². The Bertz CT molecular complexity index is 1600. The number of benzene rings is 3. The molecule has 0 N–H and O–H groups in total. The number of amides is 1. The predicted octanol–water partition coefficient (Wildman–Crippen LogP) is 7.27. The van der Waals surface area contributed by atoms with Crippen molar-refractivity contribution in [3.05, 3.63) is 142 Å². The number of thioether (sulfide) groups is 1. The zero-order valence-electron chi connectivity index (χ0n) is 21.2. The highest BCUT2D eigenvalue weighted by Crippen LogP contribution is 2.43. The Morgan fingerprint density at radius 2 is 1.49 bits per heavy atom. The molecule has 39 heavy (non-hydrogen) atoms. The molecule has 0 radical (unpaired) electrons. The molecule has 0 fully saturated rings. The minimum absolute atomic E-state index is 0.103. The zero-order chi connectivity index (χ0) is 26.8. The number of aliphatic imine (C=N–C) groups is 1. The normalized spacial score (nSPS) is 16.8. The predicted molar refractivity (Wildman–Crippen MR) is 158 cm³/mol. The van der Waals surface area contributed by atoms with Crippen LogP contribution in [0.1, 0.15) is 35.4 Å². The molecule has 1 atom stereocenters. The van der Waals surface area contributed by atoms with Gasteiger partial charge in [-0.15, -0.1) is 10.2 Å². The molecule has 1 unspecified atom stereocenters. The summed E-state index contributed by atoms with van der Waals surface area (Å²) >= 11 is 7.74. The molecule has 5 nitrogen and oxygen atoms in total. The van der Waals surface area contributed by atoms with Gasteiger partial charge >= 0.3 is 0 Å². The average Bonchev–Trinajstić information content (AvgIpc) is 3.37. The quantitative estimate of drug-likeness (QED) is 0.243. The lowest BCUT2D eigenvalue weighted by molar-refractivity contribution is -0.113. The van der Waals surface area contributed by atoms with Crippen LogP contribution in [0.3, 0.4) is 0 Å². The maximum atomic E-state index is 13.5. The van der Waals surface area contributed by atoms with Gasteiger partial charge < -0.3 is 4.57 Å². The van der Waals surface area contributed by atoms with Crippen LogP contribution in [0.25, 0.3) is 5.57 Å². The Balaban J connectivity index is 1.47. The Labute approximate surface area is 236 Å². The van der Waals surface area contributed by atoms with E-state index in [0.29, 0.717) is 27.4 Å². The summed E-state index contributed by atoms with van der Waals surface area (Å²) < 4.78 is 2.10. The summed E-state index contributed by atoms with van der Waals surface area (Å²) in [5, 5.41) is 10.6. The smallest absolute Gasteiger partial charge is 0.284 e. The van der Waals surface area contributed by atoms with Gasteiger partial charge in [0.25, 0.3) is 5.91 Å². The largest absolute Gasteiger partial charge is 0.305 e. The topological polar surface area (TPSA) is 60.1 Å². The van der Waals surface area contributed by atoms with Crippen molar-refractivity contribution >= 4 is 40.6 Å². The highest BCUT2D eigenvalue weighted by molar-refractivity contribution is 8.04. The van der Waals surface area contributed by atoms with Crippen LogP contribution in [-0.2, 0) is 11.3 Å². The fourth-order valence-corrected chi connectivity index (χ4v) is 6.39. The van der Waals surface area contributed by atoms with Crippen molar-refractivity contribution in [2.75, 3.05) is 0 Å². The molecular formula is C32H25ClN4OS. The Morgan fingerprint density at radius 1 is 0.872 bits per heavy atom. The zero-order valence-corrected chi connectivity index (χ0v) is 22.8. The van der Waals surface area contributed by atoms with E-state index in [1.165, 1.54) is 11.8 Å². The molecule has 0 saturated heterocycles. The number of hydrogen-bond acceptors (Lipinski definition) is 4. The molecule has 2 heterocycles. The van der Waals surface area contributed by atoms with Gasteiger partial charge in [-0.3, -0.25) is 4.79 Å². The van der Waals surface area contributed by atoms with Crippen molar-refractivity contribution in [3.8, 4) is 0 Å². The second-order valence-corrected chi connectivity index (χ2v) is 10.7. The first-order valence-corrected chi connectivity index (χ1v) is 14.0. The monoisotopic (exact) mass is 548 g/mol. The van der Waals surface area contributed by atoms with Gasteiger partial charge in [0, 0.05) is 17.5 Å². The third kappa shape index (κ3) is 4.93. The van der Waals surface area contributed by atoms with Crippen molar-refractivity contribution in [1.29, 1.82) is 0 Å². The molecule has 192 valence electrons. The molecule has 0 bridgehead atoms. The second kappa shape index (κ2) is 11.0. The van der Waals surface area contributed by atoms with E-state index >= 15 is 0 Å². The van der Waals surface area contributed by atoms with Gasteiger partial charge in [-0.1, -0.05) is 109 Å². The number of halogens is 1. The number of carbonyl (C=O) groups excluding carboxylic acids is 1. The van der Waals surface area contributed by atoms with Crippen molar-refractivity contribution in [3.63, 3.8) is 0 Å². The maximum absolute atomic E-state index is 13.5. The van der Waals surface area contributed by atoms with Gasteiger partial charge in [-0.25, -0.2) is 4.99 Å². The van der Waals surface area contributed by atoms with Crippen LogP contribution in [0.4, 0.5) is 0 Å². The fraction of sp³-hybridized carbons (Fsp3) is 0.125. The van der Waals surface area contributed by atoms with Gasteiger partial charge in [0.15, 0.2) is 5.16 Å². The standard InChI is InChI=1S/C32H25ClN4OS/c1-2-37-30(27(21-12-6-3-7-13-21)22-14-8-4-9-15-22)35-36-32(37)39-29-28(23-16-10-5-11-17-23)25-20-24(33)18-19-26(25)34-31(29)38/h3-20,25,27H,2H2,1H3. The van der Waals surface area contributed by atoms with Gasteiger partial charge in [0.1, 0.15) is 5.82 Å². The summed E-state index contributed by atoms with van der Waals surface area (Å²) in [4.78, 5) is 18.5.